The van der Waals surface area contributed by atoms with Gasteiger partial charge in [0.05, 0.1) is 0 Å². The van der Waals surface area contributed by atoms with Gasteiger partial charge in [0.15, 0.2) is 12.5 Å². The Morgan fingerprint density at radius 3 is 1.33 bits per heavy atom. The largest absolute Gasteiger partial charge is 0.616 e. The van der Waals surface area contributed by atoms with E-state index >= 15 is 0 Å². The highest BCUT2D eigenvalue weighted by Crippen LogP contribution is 1.70. The SMILES string of the molecule is [O-][n+]1ccoc1.[O-][n+]1ccoc1. The molecule has 2 aromatic heterocycles. The van der Waals surface area contributed by atoms with Gasteiger partial charge >= 0.3 is 12.8 Å². The summed E-state index contributed by atoms with van der Waals surface area (Å²) in [5.41, 5.74) is 0. The number of oxazole rings is 2. The van der Waals surface area contributed by atoms with E-state index in [9.17, 15) is 10.4 Å². The van der Waals surface area contributed by atoms with E-state index in [4.69, 9.17) is 0 Å². The van der Waals surface area contributed by atoms with Gasteiger partial charge in [0.25, 0.3) is 0 Å². The zero-order valence-corrected chi connectivity index (χ0v) is 5.99. The minimum atomic E-state index is 0.583. The molecule has 0 fully saturated rings. The summed E-state index contributed by atoms with van der Waals surface area (Å²) >= 11 is 0. The molecule has 0 radical (unpaired) electrons. The predicted molar refractivity (Wildman–Crippen MR) is 35.3 cm³/mol. The second-order valence-corrected chi connectivity index (χ2v) is 1.77. The van der Waals surface area contributed by atoms with Crippen molar-refractivity contribution in [3.05, 3.63) is 48.1 Å². The second-order valence-electron chi connectivity index (χ2n) is 1.77. The molecule has 0 saturated carbocycles. The molecule has 0 aliphatic carbocycles. The maximum atomic E-state index is 9.89. The summed E-state index contributed by atoms with van der Waals surface area (Å²) in [6, 6.07) is 0. The highest BCUT2D eigenvalue weighted by atomic mass is 16.5. The highest BCUT2D eigenvalue weighted by Gasteiger charge is 1.80. The van der Waals surface area contributed by atoms with Crippen molar-refractivity contribution in [1.82, 2.24) is 0 Å². The number of rotatable bonds is 0. The lowest BCUT2D eigenvalue weighted by atomic mass is 11.0. The van der Waals surface area contributed by atoms with E-state index in [1.807, 2.05) is 0 Å². The summed E-state index contributed by atoms with van der Waals surface area (Å²) in [5, 5.41) is 19.8. The molecular formula is C6H6N2O4. The lowest BCUT2D eigenvalue weighted by Crippen LogP contribution is -2.19. The molecule has 0 amide bonds. The fourth-order valence-corrected chi connectivity index (χ4v) is 0.451. The summed E-state index contributed by atoms with van der Waals surface area (Å²) in [6.45, 7) is 0. The van der Waals surface area contributed by atoms with Crippen LogP contribution in [0.3, 0.4) is 0 Å². The summed E-state index contributed by atoms with van der Waals surface area (Å²) in [6.07, 6.45) is 7.32. The van der Waals surface area contributed by atoms with Gasteiger partial charge < -0.3 is 19.2 Å². The zero-order valence-electron chi connectivity index (χ0n) is 5.99. The Bertz CT molecular complexity index is 257. The van der Waals surface area contributed by atoms with E-state index in [0.29, 0.717) is 9.46 Å². The first-order chi connectivity index (χ1) is 5.79. The van der Waals surface area contributed by atoms with Gasteiger partial charge in [-0.15, -0.1) is 9.46 Å². The fourth-order valence-electron chi connectivity index (χ4n) is 0.451. The number of hydrogen-bond donors (Lipinski definition) is 0. The Kier molecular flexibility index (Phi) is 2.72. The van der Waals surface area contributed by atoms with Gasteiger partial charge in [-0.2, -0.15) is 0 Å². The van der Waals surface area contributed by atoms with Gasteiger partial charge in [-0.1, -0.05) is 0 Å². The van der Waals surface area contributed by atoms with E-state index in [-0.39, 0.29) is 0 Å². The molecule has 0 aromatic carbocycles. The van der Waals surface area contributed by atoms with Gasteiger partial charge in [0, 0.05) is 0 Å². The van der Waals surface area contributed by atoms with Crippen molar-refractivity contribution in [2.45, 2.75) is 0 Å². The molecule has 64 valence electrons. The molecule has 0 aliphatic rings. The molecule has 0 bridgehead atoms. The maximum absolute atomic E-state index is 9.89. The molecule has 0 saturated heterocycles. The minimum Gasteiger partial charge on any atom is -0.616 e. The van der Waals surface area contributed by atoms with Crippen molar-refractivity contribution < 1.29 is 18.3 Å². The molecule has 12 heavy (non-hydrogen) atoms. The zero-order chi connectivity index (χ0) is 8.81. The van der Waals surface area contributed by atoms with Crippen molar-refractivity contribution in [2.75, 3.05) is 0 Å². The third-order valence-corrected chi connectivity index (χ3v) is 0.902. The van der Waals surface area contributed by atoms with Crippen LogP contribution in [0.2, 0.25) is 0 Å². The van der Waals surface area contributed by atoms with Crippen molar-refractivity contribution in [2.24, 2.45) is 0 Å². The van der Waals surface area contributed by atoms with Gasteiger partial charge in [0.1, 0.15) is 0 Å². The monoisotopic (exact) mass is 170 g/mol. The van der Waals surface area contributed by atoms with Crippen LogP contribution in [-0.4, -0.2) is 0 Å². The third kappa shape index (κ3) is 2.74. The Labute approximate surface area is 67.4 Å². The van der Waals surface area contributed by atoms with Crippen molar-refractivity contribution in [1.29, 1.82) is 0 Å². The Morgan fingerprint density at radius 2 is 1.25 bits per heavy atom. The molecular weight excluding hydrogens is 164 g/mol. The Hall–Kier alpha value is -1.98. The first-order valence-electron chi connectivity index (χ1n) is 3.01. The fraction of sp³-hybridized carbons (Fsp3) is 0. The normalized spacial score (nSPS) is 8.67. The van der Waals surface area contributed by atoms with Crippen molar-refractivity contribution in [3.8, 4) is 0 Å². The Balaban J connectivity index is 0.000000120. The van der Waals surface area contributed by atoms with Crippen LogP contribution in [-0.2, 0) is 0 Å². The lowest BCUT2D eigenvalue weighted by molar-refractivity contribution is -0.609. The standard InChI is InChI=1S/2C3H3NO2/c2*5-4-1-2-6-3-4/h2*1-3H. The van der Waals surface area contributed by atoms with Crippen LogP contribution < -0.4 is 9.46 Å². The highest BCUT2D eigenvalue weighted by molar-refractivity contribution is 4.47. The number of nitrogens with zero attached hydrogens (tertiary/aromatic N) is 2. The van der Waals surface area contributed by atoms with E-state index < -0.39 is 0 Å². The molecule has 2 rings (SSSR count). The smallest absolute Gasteiger partial charge is 0.346 e. The van der Waals surface area contributed by atoms with Crippen LogP contribution in [0, 0.1) is 10.4 Å². The summed E-state index contributed by atoms with van der Waals surface area (Å²) < 4.78 is 9.90. The van der Waals surface area contributed by atoms with Gasteiger partial charge in [-0.3, -0.25) is 0 Å². The van der Waals surface area contributed by atoms with Gasteiger partial charge in [0.2, 0.25) is 12.4 Å². The maximum Gasteiger partial charge on any atom is 0.346 e. The molecule has 0 N–H and O–H groups in total. The molecule has 2 aromatic rings. The average molecular weight is 170 g/mol. The predicted octanol–water partition coefficient (Wildman–Crippen LogP) is -0.174. The van der Waals surface area contributed by atoms with Crippen LogP contribution in [0.25, 0.3) is 0 Å². The first kappa shape index (κ1) is 8.12. The van der Waals surface area contributed by atoms with Crippen LogP contribution in [0.5, 0.6) is 0 Å². The summed E-state index contributed by atoms with van der Waals surface area (Å²) in [5.74, 6) is 0. The first-order valence-corrected chi connectivity index (χ1v) is 3.01. The van der Waals surface area contributed by atoms with Crippen molar-refractivity contribution >= 4 is 0 Å². The van der Waals surface area contributed by atoms with E-state index in [1.165, 1.54) is 24.9 Å². The van der Waals surface area contributed by atoms with E-state index in [0.717, 1.165) is 12.8 Å². The molecule has 2 heterocycles. The minimum absolute atomic E-state index is 0.583. The van der Waals surface area contributed by atoms with E-state index in [1.54, 1.807) is 0 Å². The molecule has 0 spiro atoms. The molecule has 6 heteroatoms. The third-order valence-electron chi connectivity index (χ3n) is 0.902. The molecule has 6 nitrogen and oxygen atoms in total. The van der Waals surface area contributed by atoms with Gasteiger partial charge in [-0.05, 0) is 0 Å². The van der Waals surface area contributed by atoms with Gasteiger partial charge in [-0.25, -0.2) is 0 Å². The number of hydrogen-bond acceptors (Lipinski definition) is 4. The average Bonchev–Trinajstić information content (AvgIpc) is 2.63. The summed E-state index contributed by atoms with van der Waals surface area (Å²) in [4.78, 5) is 0. The topological polar surface area (TPSA) is 80.2 Å². The molecule has 0 atom stereocenters. The van der Waals surface area contributed by atoms with Crippen LogP contribution in [0.15, 0.2) is 46.5 Å². The molecule has 0 unspecified atom stereocenters. The molecule has 0 aliphatic heterocycles. The van der Waals surface area contributed by atoms with Crippen molar-refractivity contribution in [3.63, 3.8) is 0 Å². The van der Waals surface area contributed by atoms with Crippen LogP contribution in [0.4, 0.5) is 0 Å². The quantitative estimate of drug-likeness (QED) is 0.406. The number of aromatic nitrogens is 2. The van der Waals surface area contributed by atoms with Crippen LogP contribution in [0.1, 0.15) is 0 Å². The summed E-state index contributed by atoms with van der Waals surface area (Å²) in [7, 11) is 0. The Morgan fingerprint density at radius 1 is 0.833 bits per heavy atom. The second kappa shape index (κ2) is 4.02. The van der Waals surface area contributed by atoms with E-state index in [2.05, 4.69) is 8.83 Å². The van der Waals surface area contributed by atoms with Crippen LogP contribution >= 0.6 is 0 Å². The lowest BCUT2D eigenvalue weighted by Gasteiger charge is -1.77.